The molecule has 1 aromatic heterocycles. The third-order valence-corrected chi connectivity index (χ3v) is 4.62. The van der Waals surface area contributed by atoms with Crippen molar-refractivity contribution in [3.63, 3.8) is 0 Å². The van der Waals surface area contributed by atoms with Crippen molar-refractivity contribution in [1.29, 1.82) is 0 Å². The van der Waals surface area contributed by atoms with E-state index < -0.39 is 0 Å². The minimum absolute atomic E-state index is 0.0103. The van der Waals surface area contributed by atoms with Crippen molar-refractivity contribution < 1.29 is 4.79 Å². The molecule has 5 heteroatoms. The highest BCUT2D eigenvalue weighted by Crippen LogP contribution is 2.22. The van der Waals surface area contributed by atoms with Crippen molar-refractivity contribution in [2.75, 3.05) is 19.6 Å². The predicted molar refractivity (Wildman–Crippen MR) is 95.3 cm³/mol. The molecular weight excluding hydrogens is 300 g/mol. The van der Waals surface area contributed by atoms with Crippen LogP contribution in [-0.2, 0) is 6.54 Å². The van der Waals surface area contributed by atoms with E-state index in [2.05, 4.69) is 34.8 Å². The van der Waals surface area contributed by atoms with Crippen LogP contribution in [0, 0.1) is 13.8 Å². The van der Waals surface area contributed by atoms with Gasteiger partial charge >= 0.3 is 0 Å². The lowest BCUT2D eigenvalue weighted by molar-refractivity contribution is 0.0952. The van der Waals surface area contributed by atoms with Crippen LogP contribution >= 0.6 is 0 Å². The Morgan fingerprint density at radius 2 is 2.25 bits per heavy atom. The van der Waals surface area contributed by atoms with Crippen molar-refractivity contribution in [3.8, 4) is 0 Å². The van der Waals surface area contributed by atoms with E-state index >= 15 is 0 Å². The summed E-state index contributed by atoms with van der Waals surface area (Å²) >= 11 is 0. The number of amides is 1. The van der Waals surface area contributed by atoms with Crippen molar-refractivity contribution in [2.24, 2.45) is 0 Å². The third-order valence-electron chi connectivity index (χ3n) is 4.62. The van der Waals surface area contributed by atoms with Crippen LogP contribution in [0.3, 0.4) is 0 Å². The molecule has 2 heterocycles. The molecule has 3 rings (SSSR count). The summed E-state index contributed by atoms with van der Waals surface area (Å²) in [4.78, 5) is 12.3. The van der Waals surface area contributed by atoms with E-state index in [9.17, 15) is 4.79 Å². The molecule has 1 amide bonds. The topological polar surface area (TPSA) is 59.0 Å². The Labute approximate surface area is 143 Å². The molecular formula is C19H26N4O. The fourth-order valence-electron chi connectivity index (χ4n) is 3.31. The summed E-state index contributed by atoms with van der Waals surface area (Å²) in [7, 11) is 0. The second kappa shape index (κ2) is 7.62. The van der Waals surface area contributed by atoms with Crippen LogP contribution in [0.4, 0.5) is 0 Å². The van der Waals surface area contributed by atoms with E-state index in [1.54, 1.807) is 0 Å². The van der Waals surface area contributed by atoms with Gasteiger partial charge in [-0.3, -0.25) is 9.48 Å². The van der Waals surface area contributed by atoms with Gasteiger partial charge in [0.1, 0.15) is 0 Å². The summed E-state index contributed by atoms with van der Waals surface area (Å²) in [5.41, 5.74) is 4.22. The molecule has 1 aliphatic rings. The minimum Gasteiger partial charge on any atom is -0.352 e. The third kappa shape index (κ3) is 4.03. The Morgan fingerprint density at radius 3 is 2.96 bits per heavy atom. The average Bonchev–Trinajstić information content (AvgIpc) is 3.21. The maximum absolute atomic E-state index is 12.3. The summed E-state index contributed by atoms with van der Waals surface area (Å²) in [5.74, 6) is 0.542. The molecule has 24 heavy (non-hydrogen) atoms. The van der Waals surface area contributed by atoms with E-state index in [-0.39, 0.29) is 5.91 Å². The first-order valence-corrected chi connectivity index (χ1v) is 8.73. The highest BCUT2D eigenvalue weighted by atomic mass is 16.1. The number of carbonyl (C=O) groups excluding carboxylic acids is 1. The minimum atomic E-state index is 0.0103. The fourth-order valence-corrected chi connectivity index (χ4v) is 3.31. The molecule has 0 spiro atoms. The number of nitrogens with one attached hydrogen (secondary N) is 2. The SMILES string of the molecule is Cc1cc(C)n(CCCNC(=O)c2cccc([C@@H]3CCNC3)c2)n1. The second-order valence-corrected chi connectivity index (χ2v) is 6.57. The van der Waals surface area contributed by atoms with Gasteiger partial charge < -0.3 is 10.6 Å². The molecule has 2 aromatic rings. The molecule has 0 aliphatic carbocycles. The maximum atomic E-state index is 12.3. The summed E-state index contributed by atoms with van der Waals surface area (Å²) in [5, 5.41) is 10.8. The smallest absolute Gasteiger partial charge is 0.251 e. The van der Waals surface area contributed by atoms with Gasteiger partial charge in [-0.1, -0.05) is 12.1 Å². The largest absolute Gasteiger partial charge is 0.352 e. The number of aromatic nitrogens is 2. The highest BCUT2D eigenvalue weighted by molar-refractivity contribution is 5.94. The monoisotopic (exact) mass is 326 g/mol. The van der Waals surface area contributed by atoms with Crippen molar-refractivity contribution in [1.82, 2.24) is 20.4 Å². The van der Waals surface area contributed by atoms with Crippen molar-refractivity contribution in [3.05, 3.63) is 52.8 Å². The van der Waals surface area contributed by atoms with Gasteiger partial charge in [-0.2, -0.15) is 5.10 Å². The van der Waals surface area contributed by atoms with Crippen molar-refractivity contribution >= 4 is 5.91 Å². The van der Waals surface area contributed by atoms with Crippen molar-refractivity contribution in [2.45, 2.75) is 39.2 Å². The van der Waals surface area contributed by atoms with Crippen LogP contribution in [0.25, 0.3) is 0 Å². The lowest BCUT2D eigenvalue weighted by Gasteiger charge is -2.11. The first kappa shape index (κ1) is 16.7. The van der Waals surface area contributed by atoms with Crippen LogP contribution in [0.1, 0.15) is 46.1 Å². The zero-order valence-electron chi connectivity index (χ0n) is 14.5. The molecule has 1 saturated heterocycles. The van der Waals surface area contributed by atoms with Gasteiger partial charge in [-0.15, -0.1) is 0 Å². The summed E-state index contributed by atoms with van der Waals surface area (Å²) in [6, 6.07) is 10.1. The first-order valence-electron chi connectivity index (χ1n) is 8.73. The standard InChI is InChI=1S/C19H26N4O/c1-14-11-15(2)23(22-14)10-4-8-21-19(24)17-6-3-5-16(12-17)18-7-9-20-13-18/h3,5-6,11-12,18,20H,4,7-10,13H2,1-2H3,(H,21,24)/t18-/m1/s1. The number of hydrogen-bond donors (Lipinski definition) is 2. The zero-order valence-corrected chi connectivity index (χ0v) is 14.5. The summed E-state index contributed by atoms with van der Waals surface area (Å²) in [6.07, 6.45) is 2.02. The van der Waals surface area contributed by atoms with Gasteiger partial charge in [0, 0.05) is 30.9 Å². The molecule has 5 nitrogen and oxygen atoms in total. The summed E-state index contributed by atoms with van der Waals surface area (Å²) < 4.78 is 2.00. The van der Waals surface area contributed by atoms with Gasteiger partial charge in [0.25, 0.3) is 5.91 Å². The van der Waals surface area contributed by atoms with E-state index in [0.29, 0.717) is 12.5 Å². The number of rotatable bonds is 6. The van der Waals surface area contributed by atoms with Gasteiger partial charge in [-0.05, 0) is 62.9 Å². The Bertz CT molecular complexity index is 701. The molecule has 1 aliphatic heterocycles. The zero-order chi connectivity index (χ0) is 16.9. The highest BCUT2D eigenvalue weighted by Gasteiger charge is 2.17. The first-order chi connectivity index (χ1) is 11.6. The Hall–Kier alpha value is -2.14. The predicted octanol–water partition coefficient (Wildman–Crippen LogP) is 2.40. The van der Waals surface area contributed by atoms with Gasteiger partial charge in [0.05, 0.1) is 5.69 Å². The maximum Gasteiger partial charge on any atom is 0.251 e. The van der Waals surface area contributed by atoms with Crippen LogP contribution in [0.2, 0.25) is 0 Å². The molecule has 0 saturated carbocycles. The molecule has 1 fully saturated rings. The Balaban J connectivity index is 1.50. The number of nitrogens with zero attached hydrogens (tertiary/aromatic N) is 2. The molecule has 1 aromatic carbocycles. The number of hydrogen-bond acceptors (Lipinski definition) is 3. The molecule has 1 atom stereocenters. The van der Waals surface area contributed by atoms with Crippen LogP contribution in [-0.4, -0.2) is 35.3 Å². The normalized spacial score (nSPS) is 17.2. The van der Waals surface area contributed by atoms with Crippen LogP contribution in [0.15, 0.2) is 30.3 Å². The molecule has 0 radical (unpaired) electrons. The quantitative estimate of drug-likeness (QED) is 0.802. The molecule has 2 N–H and O–H groups in total. The van der Waals surface area contributed by atoms with E-state index in [1.807, 2.05) is 29.8 Å². The fraction of sp³-hybridized carbons (Fsp3) is 0.474. The number of benzene rings is 1. The summed E-state index contributed by atoms with van der Waals surface area (Å²) in [6.45, 7) is 7.61. The lowest BCUT2D eigenvalue weighted by Crippen LogP contribution is -2.25. The molecule has 0 bridgehead atoms. The van der Waals surface area contributed by atoms with E-state index in [4.69, 9.17) is 0 Å². The molecule has 128 valence electrons. The van der Waals surface area contributed by atoms with Gasteiger partial charge in [0.2, 0.25) is 0 Å². The average molecular weight is 326 g/mol. The van der Waals surface area contributed by atoms with E-state index in [1.165, 1.54) is 5.56 Å². The van der Waals surface area contributed by atoms with Gasteiger partial charge in [0.15, 0.2) is 0 Å². The second-order valence-electron chi connectivity index (χ2n) is 6.57. The van der Waals surface area contributed by atoms with Crippen LogP contribution < -0.4 is 10.6 Å². The van der Waals surface area contributed by atoms with Crippen LogP contribution in [0.5, 0.6) is 0 Å². The Kier molecular flexibility index (Phi) is 5.30. The van der Waals surface area contributed by atoms with E-state index in [0.717, 1.165) is 49.4 Å². The van der Waals surface area contributed by atoms with Gasteiger partial charge in [-0.25, -0.2) is 0 Å². The number of carbonyl (C=O) groups is 1. The molecule has 0 unspecified atom stereocenters. The number of aryl methyl sites for hydroxylation is 3. The Morgan fingerprint density at radius 1 is 1.38 bits per heavy atom. The lowest BCUT2D eigenvalue weighted by atomic mass is 9.96.